The summed E-state index contributed by atoms with van der Waals surface area (Å²) >= 11 is 5.96. The molecule has 6 heteroatoms. The number of anilines is 3. The van der Waals surface area contributed by atoms with Crippen molar-refractivity contribution < 1.29 is 9.90 Å². The van der Waals surface area contributed by atoms with Crippen LogP contribution in [0.1, 0.15) is 10.4 Å². The number of carboxylic acids is 1. The van der Waals surface area contributed by atoms with E-state index in [0.717, 1.165) is 17.9 Å². The van der Waals surface area contributed by atoms with Gasteiger partial charge < -0.3 is 14.9 Å². The van der Waals surface area contributed by atoms with Crippen LogP contribution >= 0.6 is 11.6 Å². The van der Waals surface area contributed by atoms with Gasteiger partial charge in [0.05, 0.1) is 11.4 Å². The van der Waals surface area contributed by atoms with Gasteiger partial charge in [0.2, 0.25) is 0 Å². The predicted molar refractivity (Wildman–Crippen MR) is 82.9 cm³/mol. The summed E-state index contributed by atoms with van der Waals surface area (Å²) in [6.07, 6.45) is 0. The Labute approximate surface area is 127 Å². The number of aromatic nitrogens is 1. The van der Waals surface area contributed by atoms with Gasteiger partial charge in [-0.25, -0.2) is 9.78 Å². The summed E-state index contributed by atoms with van der Waals surface area (Å²) in [4.78, 5) is 19.7. The molecule has 1 aromatic carbocycles. The first kappa shape index (κ1) is 13.7. The van der Waals surface area contributed by atoms with E-state index in [1.54, 1.807) is 0 Å². The zero-order chi connectivity index (χ0) is 15.0. The maximum Gasteiger partial charge on any atom is 0.339 e. The minimum Gasteiger partial charge on any atom is -0.478 e. The molecule has 0 aliphatic carbocycles. The number of nitrogens with zero attached hydrogens (tertiary/aromatic N) is 3. The fraction of sp³-hybridized carbons (Fsp3) is 0.200. The van der Waals surface area contributed by atoms with Crippen LogP contribution in [0.5, 0.6) is 0 Å². The normalized spacial score (nSPS) is 14.0. The molecule has 2 heterocycles. The highest BCUT2D eigenvalue weighted by Crippen LogP contribution is 2.37. The van der Waals surface area contributed by atoms with E-state index in [4.69, 9.17) is 11.6 Å². The number of para-hydroxylation sites is 2. The zero-order valence-corrected chi connectivity index (χ0v) is 12.2. The van der Waals surface area contributed by atoms with Crippen LogP contribution in [0.3, 0.4) is 0 Å². The molecule has 1 N–H and O–H groups in total. The lowest BCUT2D eigenvalue weighted by atomic mass is 10.1. The Morgan fingerprint density at radius 2 is 1.90 bits per heavy atom. The van der Waals surface area contributed by atoms with Crippen molar-refractivity contribution in [2.45, 2.75) is 0 Å². The van der Waals surface area contributed by atoms with Crippen LogP contribution in [0.4, 0.5) is 17.2 Å². The molecule has 0 saturated heterocycles. The van der Waals surface area contributed by atoms with Crippen molar-refractivity contribution in [1.29, 1.82) is 0 Å². The van der Waals surface area contributed by atoms with E-state index in [-0.39, 0.29) is 10.7 Å². The minimum atomic E-state index is -1.01. The van der Waals surface area contributed by atoms with E-state index in [2.05, 4.69) is 9.88 Å². The van der Waals surface area contributed by atoms with Crippen molar-refractivity contribution in [2.75, 3.05) is 29.9 Å². The Kier molecular flexibility index (Phi) is 3.43. The average molecular weight is 304 g/mol. The van der Waals surface area contributed by atoms with Crippen LogP contribution in [0, 0.1) is 0 Å². The van der Waals surface area contributed by atoms with Crippen LogP contribution < -0.4 is 9.80 Å². The first-order valence-electron chi connectivity index (χ1n) is 6.55. The van der Waals surface area contributed by atoms with E-state index < -0.39 is 5.97 Å². The third-order valence-electron chi connectivity index (χ3n) is 3.57. The van der Waals surface area contributed by atoms with Gasteiger partial charge in [-0.15, -0.1) is 0 Å². The Hall–Kier alpha value is -2.27. The van der Waals surface area contributed by atoms with Crippen LogP contribution in [0.2, 0.25) is 5.15 Å². The smallest absolute Gasteiger partial charge is 0.339 e. The number of carbonyl (C=O) groups is 1. The molecule has 0 bridgehead atoms. The SMILES string of the molecule is CN1CCN(c2nc(Cl)ccc2C(=O)O)c2ccccc21. The van der Waals surface area contributed by atoms with E-state index in [1.807, 2.05) is 36.2 Å². The second-order valence-corrected chi connectivity index (χ2v) is 5.26. The summed E-state index contributed by atoms with van der Waals surface area (Å²) in [6.45, 7) is 1.44. The molecule has 108 valence electrons. The maximum absolute atomic E-state index is 11.4. The topological polar surface area (TPSA) is 56.7 Å². The lowest BCUT2D eigenvalue weighted by molar-refractivity contribution is 0.0697. The number of likely N-dealkylation sites (N-methyl/N-ethyl adjacent to an activating group) is 1. The van der Waals surface area contributed by atoms with Gasteiger partial charge in [-0.05, 0) is 24.3 Å². The molecular weight excluding hydrogens is 290 g/mol. The molecule has 0 saturated carbocycles. The summed E-state index contributed by atoms with van der Waals surface area (Å²) in [7, 11) is 2.01. The fourth-order valence-corrected chi connectivity index (χ4v) is 2.67. The number of aromatic carboxylic acids is 1. The molecule has 3 rings (SSSR count). The van der Waals surface area contributed by atoms with Crippen molar-refractivity contribution in [3.63, 3.8) is 0 Å². The van der Waals surface area contributed by atoms with Gasteiger partial charge in [-0.1, -0.05) is 23.7 Å². The van der Waals surface area contributed by atoms with Gasteiger partial charge in [-0.2, -0.15) is 0 Å². The summed E-state index contributed by atoms with van der Waals surface area (Å²) in [5.74, 6) is -0.624. The number of halogens is 1. The van der Waals surface area contributed by atoms with Crippen LogP contribution in [-0.2, 0) is 0 Å². The first-order chi connectivity index (χ1) is 10.1. The summed E-state index contributed by atoms with van der Waals surface area (Å²) < 4.78 is 0. The van der Waals surface area contributed by atoms with Gasteiger partial charge in [0.1, 0.15) is 16.5 Å². The Morgan fingerprint density at radius 1 is 1.19 bits per heavy atom. The number of hydrogen-bond acceptors (Lipinski definition) is 4. The number of pyridine rings is 1. The number of carboxylic acid groups (broad SMARTS) is 1. The van der Waals surface area contributed by atoms with E-state index in [0.29, 0.717) is 12.4 Å². The highest BCUT2D eigenvalue weighted by molar-refractivity contribution is 6.29. The van der Waals surface area contributed by atoms with Crippen molar-refractivity contribution in [1.82, 2.24) is 4.98 Å². The molecular formula is C15H14ClN3O2. The van der Waals surface area contributed by atoms with Crippen LogP contribution in [0.15, 0.2) is 36.4 Å². The number of rotatable bonds is 2. The number of hydrogen-bond donors (Lipinski definition) is 1. The summed E-state index contributed by atoms with van der Waals surface area (Å²) in [6, 6.07) is 10.8. The van der Waals surface area contributed by atoms with Crippen molar-refractivity contribution in [3.8, 4) is 0 Å². The molecule has 21 heavy (non-hydrogen) atoms. The first-order valence-corrected chi connectivity index (χ1v) is 6.93. The molecule has 1 aliphatic heterocycles. The van der Waals surface area contributed by atoms with Gasteiger partial charge in [-0.3, -0.25) is 0 Å². The van der Waals surface area contributed by atoms with E-state index in [9.17, 15) is 9.90 Å². The maximum atomic E-state index is 11.4. The third kappa shape index (κ3) is 2.40. The molecule has 2 aromatic rings. The number of benzene rings is 1. The lowest BCUT2D eigenvalue weighted by Crippen LogP contribution is -2.37. The largest absolute Gasteiger partial charge is 0.478 e. The Bertz CT molecular complexity index is 705. The second-order valence-electron chi connectivity index (χ2n) is 4.87. The van der Waals surface area contributed by atoms with Gasteiger partial charge in [0.25, 0.3) is 0 Å². The molecule has 0 unspecified atom stereocenters. The molecule has 0 amide bonds. The predicted octanol–water partition coefficient (Wildman–Crippen LogP) is 3.02. The van der Waals surface area contributed by atoms with Crippen molar-refractivity contribution in [2.24, 2.45) is 0 Å². The lowest BCUT2D eigenvalue weighted by Gasteiger charge is -2.36. The van der Waals surface area contributed by atoms with Crippen molar-refractivity contribution >= 4 is 34.8 Å². The summed E-state index contributed by atoms with van der Waals surface area (Å²) in [5, 5.41) is 9.65. The molecule has 1 aliphatic rings. The molecule has 0 fully saturated rings. The van der Waals surface area contributed by atoms with Crippen LogP contribution in [0.25, 0.3) is 0 Å². The van der Waals surface area contributed by atoms with E-state index >= 15 is 0 Å². The highest BCUT2D eigenvalue weighted by atomic mass is 35.5. The molecule has 0 spiro atoms. The molecule has 0 radical (unpaired) electrons. The average Bonchev–Trinajstić information content (AvgIpc) is 2.47. The quantitative estimate of drug-likeness (QED) is 0.864. The third-order valence-corrected chi connectivity index (χ3v) is 3.78. The monoisotopic (exact) mass is 303 g/mol. The van der Waals surface area contributed by atoms with E-state index in [1.165, 1.54) is 12.1 Å². The summed E-state index contributed by atoms with van der Waals surface area (Å²) in [5.41, 5.74) is 2.13. The molecule has 5 nitrogen and oxygen atoms in total. The van der Waals surface area contributed by atoms with Crippen molar-refractivity contribution in [3.05, 3.63) is 47.1 Å². The number of fused-ring (bicyclic) bond motifs is 1. The second kappa shape index (κ2) is 5.26. The molecule has 1 aromatic heterocycles. The Morgan fingerprint density at radius 3 is 2.62 bits per heavy atom. The van der Waals surface area contributed by atoms with Crippen LogP contribution in [-0.4, -0.2) is 36.2 Å². The highest BCUT2D eigenvalue weighted by Gasteiger charge is 2.25. The van der Waals surface area contributed by atoms with Gasteiger partial charge in [0.15, 0.2) is 0 Å². The zero-order valence-electron chi connectivity index (χ0n) is 11.5. The molecule has 0 atom stereocenters. The Balaban J connectivity index is 2.16. The standard InChI is InChI=1S/C15H14ClN3O2/c1-18-8-9-19(12-5-3-2-4-11(12)18)14-10(15(20)21)6-7-13(16)17-14/h2-7H,8-9H2,1H3,(H,20,21). The van der Waals surface area contributed by atoms with Gasteiger partial charge >= 0.3 is 5.97 Å². The van der Waals surface area contributed by atoms with Gasteiger partial charge in [0, 0.05) is 20.1 Å². The fourth-order valence-electron chi connectivity index (χ4n) is 2.52. The minimum absolute atomic E-state index is 0.152.